The van der Waals surface area contributed by atoms with Crippen LogP contribution in [0, 0.1) is 0 Å². The normalized spacial score (nSPS) is 11.2. The zero-order valence-electron chi connectivity index (χ0n) is 21.1. The van der Waals surface area contributed by atoms with Gasteiger partial charge in [0.15, 0.2) is 0 Å². The van der Waals surface area contributed by atoms with Crippen LogP contribution in [0.2, 0.25) is 0 Å². The largest absolute Gasteiger partial charge is 0.462 e. The highest BCUT2D eigenvalue weighted by Gasteiger charge is 2.14. The number of ether oxygens (including phenoxy) is 5. The molecule has 0 aliphatic carbocycles. The van der Waals surface area contributed by atoms with E-state index in [0.29, 0.717) is 22.6 Å². The maximum atomic E-state index is 12.4. The third-order valence-electron chi connectivity index (χ3n) is 4.64. The maximum absolute atomic E-state index is 12.4. The van der Waals surface area contributed by atoms with Crippen LogP contribution >= 0.6 is 0 Å². The second-order valence-electron chi connectivity index (χ2n) is 7.69. The lowest BCUT2D eigenvalue weighted by atomic mass is 10.0. The summed E-state index contributed by atoms with van der Waals surface area (Å²) < 4.78 is 26.2. The second kappa shape index (κ2) is 13.9. The van der Waals surface area contributed by atoms with Gasteiger partial charge in [-0.05, 0) is 57.5 Å². The topological polar surface area (TPSA) is 97.4 Å². The fraction of sp³-hybridized carbons (Fsp3) is 0.138. The summed E-state index contributed by atoms with van der Waals surface area (Å²) in [5.74, 6) is -0.549. The first-order chi connectivity index (χ1) is 17.6. The first kappa shape index (κ1) is 28.4. The molecule has 0 saturated heterocycles. The third kappa shape index (κ3) is 9.03. The van der Waals surface area contributed by atoms with Crippen LogP contribution in [0.15, 0.2) is 103 Å². The Hall–Kier alpha value is -4.85. The number of carbonyl (C=O) groups is 3. The van der Waals surface area contributed by atoms with Crippen LogP contribution in [0.25, 0.3) is 11.1 Å². The van der Waals surface area contributed by atoms with E-state index in [-0.39, 0.29) is 16.9 Å². The van der Waals surface area contributed by atoms with Crippen molar-refractivity contribution in [1.82, 2.24) is 0 Å². The molecule has 8 heteroatoms. The lowest BCUT2D eigenvalue weighted by molar-refractivity contribution is -0.134. The number of allylic oxidation sites excluding steroid dienone is 1. The molecule has 0 N–H and O–H groups in total. The van der Waals surface area contributed by atoms with Gasteiger partial charge in [0.1, 0.15) is 42.3 Å². The van der Waals surface area contributed by atoms with Gasteiger partial charge < -0.3 is 23.7 Å². The Morgan fingerprint density at radius 2 is 1.22 bits per heavy atom. The van der Waals surface area contributed by atoms with Crippen LogP contribution in [0.4, 0.5) is 0 Å². The molecule has 0 saturated carbocycles. The van der Waals surface area contributed by atoms with Crippen molar-refractivity contribution in [2.45, 2.75) is 27.7 Å². The van der Waals surface area contributed by atoms with Crippen LogP contribution in [-0.4, -0.2) is 17.9 Å². The molecule has 0 aliphatic rings. The molecule has 2 aromatic carbocycles. The minimum Gasteiger partial charge on any atom is -0.462 e. The van der Waals surface area contributed by atoms with E-state index >= 15 is 0 Å². The van der Waals surface area contributed by atoms with E-state index in [9.17, 15) is 14.4 Å². The molecule has 2 rings (SSSR count). The van der Waals surface area contributed by atoms with Crippen molar-refractivity contribution in [2.75, 3.05) is 0 Å². The summed E-state index contributed by atoms with van der Waals surface area (Å²) in [6.07, 6.45) is 6.28. The number of benzene rings is 2. The van der Waals surface area contributed by atoms with E-state index in [4.69, 9.17) is 23.7 Å². The van der Waals surface area contributed by atoms with Crippen molar-refractivity contribution < 1.29 is 38.1 Å². The van der Waals surface area contributed by atoms with Crippen molar-refractivity contribution in [3.63, 3.8) is 0 Å². The highest BCUT2D eigenvalue weighted by Crippen LogP contribution is 2.35. The highest BCUT2D eigenvalue weighted by atomic mass is 16.6. The molecule has 0 aliphatic heterocycles. The first-order valence-corrected chi connectivity index (χ1v) is 11.1. The molecule has 0 aromatic heterocycles. The van der Waals surface area contributed by atoms with Gasteiger partial charge in [0.05, 0.1) is 0 Å². The molecule has 37 heavy (non-hydrogen) atoms. The molecule has 2 aromatic rings. The Bertz CT molecular complexity index is 1260. The fourth-order valence-electron chi connectivity index (χ4n) is 2.50. The van der Waals surface area contributed by atoms with Gasteiger partial charge in [0, 0.05) is 28.3 Å². The number of rotatable bonds is 11. The maximum Gasteiger partial charge on any atom is 0.338 e. The second-order valence-corrected chi connectivity index (χ2v) is 7.69. The Labute approximate surface area is 215 Å². The fourth-order valence-corrected chi connectivity index (χ4v) is 2.50. The van der Waals surface area contributed by atoms with E-state index in [1.807, 2.05) is 0 Å². The van der Waals surface area contributed by atoms with Crippen molar-refractivity contribution in [1.29, 1.82) is 0 Å². The Morgan fingerprint density at radius 1 is 0.703 bits per heavy atom. The molecule has 0 amide bonds. The number of hydrogen-bond donors (Lipinski definition) is 0. The van der Waals surface area contributed by atoms with Crippen molar-refractivity contribution >= 4 is 17.9 Å². The van der Waals surface area contributed by atoms with Gasteiger partial charge in [-0.3, -0.25) is 0 Å². The summed E-state index contributed by atoms with van der Waals surface area (Å²) in [4.78, 5) is 35.3. The van der Waals surface area contributed by atoms with Gasteiger partial charge in [-0.2, -0.15) is 0 Å². The molecule has 8 nitrogen and oxygen atoms in total. The van der Waals surface area contributed by atoms with E-state index < -0.39 is 17.9 Å². The van der Waals surface area contributed by atoms with Crippen LogP contribution in [0.5, 0.6) is 17.2 Å². The molecule has 0 atom stereocenters. The molecule has 0 spiro atoms. The van der Waals surface area contributed by atoms with E-state index in [2.05, 4.69) is 13.2 Å². The summed E-state index contributed by atoms with van der Waals surface area (Å²) in [6, 6.07) is 11.9. The van der Waals surface area contributed by atoms with Crippen molar-refractivity contribution in [2.24, 2.45) is 0 Å². The molecular weight excluding hydrogens is 476 g/mol. The average Bonchev–Trinajstić information content (AvgIpc) is 2.88. The molecule has 0 fully saturated rings. The Morgan fingerprint density at radius 3 is 1.73 bits per heavy atom. The van der Waals surface area contributed by atoms with E-state index in [0.717, 1.165) is 18.1 Å². The van der Waals surface area contributed by atoms with Gasteiger partial charge in [0.2, 0.25) is 0 Å². The van der Waals surface area contributed by atoms with Crippen LogP contribution in [0.3, 0.4) is 0 Å². The summed E-state index contributed by atoms with van der Waals surface area (Å²) in [5, 5.41) is 0. The molecule has 0 unspecified atom stereocenters. The van der Waals surface area contributed by atoms with Crippen molar-refractivity contribution in [3.8, 4) is 28.4 Å². The zero-order valence-corrected chi connectivity index (χ0v) is 21.1. The highest BCUT2D eigenvalue weighted by molar-refractivity contribution is 5.91. The number of carbonyl (C=O) groups excluding carboxylic acids is 3. The number of hydrogen-bond acceptors (Lipinski definition) is 8. The number of esters is 3. The van der Waals surface area contributed by atoms with Gasteiger partial charge >= 0.3 is 17.9 Å². The predicted octanol–water partition coefficient (Wildman–Crippen LogP) is 6.16. The summed E-state index contributed by atoms with van der Waals surface area (Å²) in [6.45, 7) is 13.4. The smallest absolute Gasteiger partial charge is 0.338 e. The average molecular weight is 505 g/mol. The van der Waals surface area contributed by atoms with Gasteiger partial charge in [-0.1, -0.05) is 31.4 Å². The zero-order chi connectivity index (χ0) is 27.4. The van der Waals surface area contributed by atoms with Crippen molar-refractivity contribution in [3.05, 3.63) is 103 Å². The summed E-state index contributed by atoms with van der Waals surface area (Å²) >= 11 is 0. The molecule has 0 radical (unpaired) electrons. The van der Waals surface area contributed by atoms with Crippen LogP contribution in [0.1, 0.15) is 27.7 Å². The van der Waals surface area contributed by atoms with E-state index in [1.165, 1.54) is 26.4 Å². The lowest BCUT2D eigenvalue weighted by Crippen LogP contribution is -2.09. The SMILES string of the molecule is C=C(C)C(=O)O/C=C/Oc1ccc(-c2ccc(O/C=C/OC(=O)C(=C)C)cc2OC(=O)/C(C)=C/C)cc1. The van der Waals surface area contributed by atoms with Crippen LogP contribution < -0.4 is 14.2 Å². The van der Waals surface area contributed by atoms with Crippen LogP contribution in [-0.2, 0) is 23.9 Å². The van der Waals surface area contributed by atoms with Gasteiger partial charge in [-0.25, -0.2) is 14.4 Å². The lowest BCUT2D eigenvalue weighted by Gasteiger charge is -2.13. The molecular formula is C29H28O8. The van der Waals surface area contributed by atoms with Gasteiger partial charge in [-0.15, -0.1) is 0 Å². The summed E-state index contributed by atoms with van der Waals surface area (Å²) in [5.41, 5.74) is 2.32. The molecule has 0 heterocycles. The third-order valence-corrected chi connectivity index (χ3v) is 4.64. The van der Waals surface area contributed by atoms with Gasteiger partial charge in [0.25, 0.3) is 0 Å². The molecule has 0 bridgehead atoms. The minimum atomic E-state index is -0.581. The van der Waals surface area contributed by atoms with E-state index in [1.54, 1.807) is 62.4 Å². The monoisotopic (exact) mass is 504 g/mol. The molecule has 192 valence electrons. The standard InChI is InChI=1S/C29H28O8/c1-7-21(6)29(32)37-26-18-24(34-15-17-36-28(31)20(4)5)12-13-25(26)22-8-10-23(11-9-22)33-14-16-35-27(30)19(2)3/h7-18H,2,4H2,1,3,5-6H3/b16-14+,17-15+,21-7+. The first-order valence-electron chi connectivity index (χ1n) is 11.1. The Balaban J connectivity index is 2.22. The Kier molecular flexibility index (Phi) is 10.7. The quantitative estimate of drug-likeness (QED) is 0.155. The summed E-state index contributed by atoms with van der Waals surface area (Å²) in [7, 11) is 0. The predicted molar refractivity (Wildman–Crippen MR) is 138 cm³/mol. The minimum absolute atomic E-state index is 0.251.